The number of nitrogens with one attached hydrogen (secondary N) is 1. The van der Waals surface area contributed by atoms with Crippen molar-refractivity contribution in [1.29, 1.82) is 0 Å². The molecule has 0 bridgehead atoms. The van der Waals surface area contributed by atoms with Crippen LogP contribution in [-0.2, 0) is 17.5 Å². The Balaban J connectivity index is 1.49. The molecule has 2 amide bonds. The van der Waals surface area contributed by atoms with E-state index in [1.165, 1.54) is 11.0 Å². The van der Waals surface area contributed by atoms with Gasteiger partial charge in [0.25, 0.3) is 0 Å². The maximum atomic E-state index is 12.6. The number of carbonyl (C=O) groups is 1. The Hall–Kier alpha value is -2.61. The summed E-state index contributed by atoms with van der Waals surface area (Å²) >= 11 is 0. The van der Waals surface area contributed by atoms with Crippen LogP contribution in [0.3, 0.4) is 0 Å². The average molecular weight is 365 g/mol. The maximum absolute atomic E-state index is 12.6. The third-order valence-electron chi connectivity index (χ3n) is 4.05. The third-order valence-corrected chi connectivity index (χ3v) is 4.05. The highest BCUT2D eigenvalue weighted by atomic mass is 19.4. The molecule has 0 aliphatic carbocycles. The van der Waals surface area contributed by atoms with E-state index in [2.05, 4.69) is 10.3 Å². The van der Waals surface area contributed by atoms with E-state index in [1.54, 1.807) is 0 Å². The summed E-state index contributed by atoms with van der Waals surface area (Å²) in [5.41, 5.74) is 0.426. The SMILES string of the molecule is O=C1N[C@@H](CCOCc2ccccc2)CN1c1ccc(C(F)(F)F)nc1. The van der Waals surface area contributed by atoms with Gasteiger partial charge in [-0.15, -0.1) is 0 Å². The van der Waals surface area contributed by atoms with Gasteiger partial charge < -0.3 is 10.1 Å². The molecule has 1 saturated heterocycles. The number of ether oxygens (including phenoxy) is 1. The molecule has 1 N–H and O–H groups in total. The lowest BCUT2D eigenvalue weighted by Gasteiger charge is -2.15. The summed E-state index contributed by atoms with van der Waals surface area (Å²) < 4.78 is 43.3. The fraction of sp³-hybridized carbons (Fsp3) is 0.333. The smallest absolute Gasteiger partial charge is 0.377 e. The lowest BCUT2D eigenvalue weighted by molar-refractivity contribution is -0.141. The fourth-order valence-electron chi connectivity index (χ4n) is 2.69. The number of amides is 2. The van der Waals surface area contributed by atoms with E-state index in [1.807, 2.05) is 30.3 Å². The molecule has 1 fully saturated rings. The second-order valence-electron chi connectivity index (χ2n) is 5.98. The summed E-state index contributed by atoms with van der Waals surface area (Å²) in [5, 5.41) is 2.80. The van der Waals surface area contributed by atoms with E-state index < -0.39 is 11.9 Å². The standard InChI is InChI=1S/C18H18F3N3O2/c19-18(20,21)16-7-6-15(10-22-16)24-11-14(23-17(24)25)8-9-26-12-13-4-2-1-3-5-13/h1-7,10,14H,8-9,11-12H2,(H,23,25)/t14-/m0/s1. The molecule has 8 heteroatoms. The molecule has 2 aromatic rings. The predicted molar refractivity (Wildman–Crippen MR) is 89.6 cm³/mol. The van der Waals surface area contributed by atoms with Gasteiger partial charge in [-0.2, -0.15) is 13.2 Å². The highest BCUT2D eigenvalue weighted by molar-refractivity contribution is 5.94. The minimum atomic E-state index is -4.50. The van der Waals surface area contributed by atoms with Crippen molar-refractivity contribution < 1.29 is 22.7 Å². The summed E-state index contributed by atoms with van der Waals surface area (Å²) in [5.74, 6) is 0. The molecule has 1 aromatic heterocycles. The van der Waals surface area contributed by atoms with E-state index in [-0.39, 0.29) is 12.1 Å². The van der Waals surface area contributed by atoms with Crippen LogP contribution in [0.2, 0.25) is 0 Å². The van der Waals surface area contributed by atoms with Crippen LogP contribution in [0, 0.1) is 0 Å². The summed E-state index contributed by atoms with van der Waals surface area (Å²) in [6, 6.07) is 11.4. The van der Waals surface area contributed by atoms with Gasteiger partial charge in [0, 0.05) is 13.2 Å². The molecule has 0 spiro atoms. The number of halogens is 3. The molecule has 0 radical (unpaired) electrons. The summed E-state index contributed by atoms with van der Waals surface area (Å²) in [4.78, 5) is 16.8. The molecule has 3 rings (SSSR count). The van der Waals surface area contributed by atoms with Crippen LogP contribution in [0.15, 0.2) is 48.7 Å². The molecule has 5 nitrogen and oxygen atoms in total. The number of hydrogen-bond donors (Lipinski definition) is 1. The van der Waals surface area contributed by atoms with E-state index in [0.717, 1.165) is 17.8 Å². The van der Waals surface area contributed by atoms with Gasteiger partial charge in [0.1, 0.15) is 5.69 Å². The fourth-order valence-corrected chi connectivity index (χ4v) is 2.69. The molecule has 138 valence electrons. The van der Waals surface area contributed by atoms with Crippen molar-refractivity contribution in [3.8, 4) is 0 Å². The Morgan fingerprint density at radius 1 is 1.19 bits per heavy atom. The second-order valence-corrected chi connectivity index (χ2v) is 5.98. The van der Waals surface area contributed by atoms with Gasteiger partial charge in [0.2, 0.25) is 0 Å². The molecule has 0 unspecified atom stereocenters. The van der Waals surface area contributed by atoms with Gasteiger partial charge in [0.15, 0.2) is 0 Å². The lowest BCUT2D eigenvalue weighted by Crippen LogP contribution is -2.29. The number of aromatic nitrogens is 1. The van der Waals surface area contributed by atoms with E-state index in [4.69, 9.17) is 4.74 Å². The molecule has 1 aliphatic rings. The minimum Gasteiger partial charge on any atom is -0.377 e. The molecule has 1 aromatic carbocycles. The highest BCUT2D eigenvalue weighted by Crippen LogP contribution is 2.29. The summed E-state index contributed by atoms with van der Waals surface area (Å²) in [6.07, 6.45) is -2.82. The molecule has 0 saturated carbocycles. The largest absolute Gasteiger partial charge is 0.433 e. The molecule has 2 heterocycles. The zero-order valence-electron chi connectivity index (χ0n) is 13.9. The number of hydrogen-bond acceptors (Lipinski definition) is 3. The number of rotatable bonds is 6. The van der Waals surface area contributed by atoms with Crippen LogP contribution < -0.4 is 10.2 Å². The van der Waals surface area contributed by atoms with Crippen molar-refractivity contribution in [3.05, 3.63) is 59.9 Å². The van der Waals surface area contributed by atoms with Crippen molar-refractivity contribution in [2.24, 2.45) is 0 Å². The first kappa shape index (κ1) is 18.2. The molecule has 1 atom stereocenters. The predicted octanol–water partition coefficient (Wildman–Crippen LogP) is 3.61. The van der Waals surface area contributed by atoms with Crippen molar-refractivity contribution >= 4 is 11.7 Å². The Morgan fingerprint density at radius 2 is 1.96 bits per heavy atom. The van der Waals surface area contributed by atoms with Crippen LogP contribution >= 0.6 is 0 Å². The highest BCUT2D eigenvalue weighted by Gasteiger charge is 2.34. The van der Waals surface area contributed by atoms with E-state index >= 15 is 0 Å². The maximum Gasteiger partial charge on any atom is 0.433 e. The van der Waals surface area contributed by atoms with Crippen LogP contribution in [0.5, 0.6) is 0 Å². The van der Waals surface area contributed by atoms with Gasteiger partial charge in [-0.25, -0.2) is 9.78 Å². The van der Waals surface area contributed by atoms with Gasteiger partial charge in [-0.3, -0.25) is 4.90 Å². The third kappa shape index (κ3) is 4.51. The number of urea groups is 1. The van der Waals surface area contributed by atoms with Crippen LogP contribution in [0.4, 0.5) is 23.7 Å². The zero-order chi connectivity index (χ0) is 18.6. The minimum absolute atomic E-state index is 0.124. The first-order valence-corrected chi connectivity index (χ1v) is 8.16. The topological polar surface area (TPSA) is 54.5 Å². The van der Waals surface area contributed by atoms with Crippen molar-refractivity contribution in [2.75, 3.05) is 18.1 Å². The Labute approximate surface area is 148 Å². The number of nitrogens with zero attached hydrogens (tertiary/aromatic N) is 2. The lowest BCUT2D eigenvalue weighted by atomic mass is 10.2. The molecular weight excluding hydrogens is 347 g/mol. The van der Waals surface area contributed by atoms with Crippen molar-refractivity contribution in [3.63, 3.8) is 0 Å². The van der Waals surface area contributed by atoms with Crippen LogP contribution in [0.25, 0.3) is 0 Å². The number of benzene rings is 1. The molecular formula is C18H18F3N3O2. The van der Waals surface area contributed by atoms with Gasteiger partial charge in [-0.05, 0) is 24.1 Å². The molecule has 26 heavy (non-hydrogen) atoms. The van der Waals surface area contributed by atoms with Crippen LogP contribution in [-0.4, -0.2) is 30.2 Å². The number of pyridine rings is 1. The number of anilines is 1. The summed E-state index contributed by atoms with van der Waals surface area (Å²) in [6.45, 7) is 1.33. The van der Waals surface area contributed by atoms with Gasteiger partial charge >= 0.3 is 12.2 Å². The van der Waals surface area contributed by atoms with Crippen molar-refractivity contribution in [2.45, 2.75) is 25.2 Å². The average Bonchev–Trinajstić information content (AvgIpc) is 3.00. The Bertz CT molecular complexity index is 736. The quantitative estimate of drug-likeness (QED) is 0.796. The van der Waals surface area contributed by atoms with Crippen molar-refractivity contribution in [1.82, 2.24) is 10.3 Å². The van der Waals surface area contributed by atoms with Crippen LogP contribution in [0.1, 0.15) is 17.7 Å². The summed E-state index contributed by atoms with van der Waals surface area (Å²) in [7, 11) is 0. The first-order chi connectivity index (χ1) is 12.4. The Morgan fingerprint density at radius 3 is 2.62 bits per heavy atom. The van der Waals surface area contributed by atoms with Gasteiger partial charge in [-0.1, -0.05) is 30.3 Å². The number of carbonyl (C=O) groups excluding carboxylic acids is 1. The first-order valence-electron chi connectivity index (χ1n) is 8.16. The Kier molecular flexibility index (Phi) is 5.41. The van der Waals surface area contributed by atoms with E-state index in [0.29, 0.717) is 31.9 Å². The van der Waals surface area contributed by atoms with Gasteiger partial charge in [0.05, 0.1) is 24.5 Å². The number of alkyl halides is 3. The van der Waals surface area contributed by atoms with E-state index in [9.17, 15) is 18.0 Å². The monoisotopic (exact) mass is 365 g/mol. The molecule has 1 aliphatic heterocycles. The zero-order valence-corrected chi connectivity index (χ0v) is 13.9. The second kappa shape index (κ2) is 7.74. The normalized spacial score (nSPS) is 17.4.